The lowest BCUT2D eigenvalue weighted by atomic mass is 9.71. The van der Waals surface area contributed by atoms with Crippen molar-refractivity contribution in [2.75, 3.05) is 6.54 Å². The Hall–Kier alpha value is -1.60. The molecule has 20 heavy (non-hydrogen) atoms. The topological polar surface area (TPSA) is 12.0 Å². The molecular weight excluding hydrogens is 242 g/mol. The molecule has 0 amide bonds. The molecule has 0 aromatic heterocycles. The Morgan fingerprint density at radius 3 is 2.70 bits per heavy atom. The SMILES string of the molecule is CCNC(c1cccc(CC)c1)C1Cc2ccccc21. The third-order valence-corrected chi connectivity index (χ3v) is 4.44. The van der Waals surface area contributed by atoms with Gasteiger partial charge in [0.15, 0.2) is 0 Å². The molecule has 0 aliphatic heterocycles. The van der Waals surface area contributed by atoms with Gasteiger partial charge in [0.05, 0.1) is 0 Å². The van der Waals surface area contributed by atoms with Crippen LogP contribution in [-0.4, -0.2) is 6.54 Å². The van der Waals surface area contributed by atoms with Gasteiger partial charge in [-0.25, -0.2) is 0 Å². The lowest BCUT2D eigenvalue weighted by molar-refractivity contribution is 0.419. The molecule has 1 heteroatoms. The quantitative estimate of drug-likeness (QED) is 0.852. The third kappa shape index (κ3) is 2.38. The molecule has 0 saturated heterocycles. The normalized spacial score (nSPS) is 18.2. The van der Waals surface area contributed by atoms with Crippen LogP contribution in [0.15, 0.2) is 48.5 Å². The summed E-state index contributed by atoms with van der Waals surface area (Å²) >= 11 is 0. The van der Waals surface area contributed by atoms with Crippen LogP contribution in [-0.2, 0) is 12.8 Å². The first-order valence-corrected chi connectivity index (χ1v) is 7.73. The summed E-state index contributed by atoms with van der Waals surface area (Å²) in [5.74, 6) is 0.623. The van der Waals surface area contributed by atoms with Gasteiger partial charge in [0.25, 0.3) is 0 Å². The van der Waals surface area contributed by atoms with Crippen molar-refractivity contribution in [2.45, 2.75) is 38.6 Å². The lowest BCUT2D eigenvalue weighted by Gasteiger charge is -2.37. The van der Waals surface area contributed by atoms with Crippen LogP contribution in [0.5, 0.6) is 0 Å². The fraction of sp³-hybridized carbons (Fsp3) is 0.368. The van der Waals surface area contributed by atoms with Crippen molar-refractivity contribution in [1.82, 2.24) is 5.32 Å². The number of fused-ring (bicyclic) bond motifs is 1. The monoisotopic (exact) mass is 265 g/mol. The maximum absolute atomic E-state index is 3.69. The maximum Gasteiger partial charge on any atom is 0.0392 e. The summed E-state index contributed by atoms with van der Waals surface area (Å²) in [7, 11) is 0. The van der Waals surface area contributed by atoms with Crippen molar-refractivity contribution in [2.24, 2.45) is 0 Å². The molecule has 1 N–H and O–H groups in total. The van der Waals surface area contributed by atoms with Gasteiger partial charge in [0.1, 0.15) is 0 Å². The highest BCUT2D eigenvalue weighted by Gasteiger charge is 2.33. The molecule has 104 valence electrons. The number of nitrogens with one attached hydrogen (secondary N) is 1. The fourth-order valence-corrected chi connectivity index (χ4v) is 3.31. The number of hydrogen-bond donors (Lipinski definition) is 1. The van der Waals surface area contributed by atoms with Gasteiger partial charge in [0.2, 0.25) is 0 Å². The van der Waals surface area contributed by atoms with E-state index in [4.69, 9.17) is 0 Å². The van der Waals surface area contributed by atoms with Crippen LogP contribution in [0.25, 0.3) is 0 Å². The molecular formula is C19H23N. The Kier molecular flexibility index (Phi) is 3.88. The summed E-state index contributed by atoms with van der Waals surface area (Å²) < 4.78 is 0. The highest BCUT2D eigenvalue weighted by molar-refractivity contribution is 5.43. The van der Waals surface area contributed by atoms with Crippen LogP contribution >= 0.6 is 0 Å². The second-order valence-corrected chi connectivity index (χ2v) is 5.64. The number of hydrogen-bond acceptors (Lipinski definition) is 1. The van der Waals surface area contributed by atoms with Crippen LogP contribution in [0.4, 0.5) is 0 Å². The van der Waals surface area contributed by atoms with Crippen LogP contribution in [0.2, 0.25) is 0 Å². The molecule has 0 radical (unpaired) electrons. The predicted octanol–water partition coefficient (Wildman–Crippen LogP) is 4.24. The Morgan fingerprint density at radius 2 is 1.95 bits per heavy atom. The molecule has 2 aromatic carbocycles. The van der Waals surface area contributed by atoms with Gasteiger partial charge in [0, 0.05) is 12.0 Å². The number of benzene rings is 2. The Labute approximate surface area is 122 Å². The van der Waals surface area contributed by atoms with Crippen molar-refractivity contribution in [3.63, 3.8) is 0 Å². The van der Waals surface area contributed by atoms with Crippen molar-refractivity contribution >= 4 is 0 Å². The van der Waals surface area contributed by atoms with Crippen LogP contribution in [0, 0.1) is 0 Å². The minimum absolute atomic E-state index is 0.446. The van der Waals surface area contributed by atoms with Crippen molar-refractivity contribution < 1.29 is 0 Å². The smallest absolute Gasteiger partial charge is 0.0392 e. The first-order valence-electron chi connectivity index (χ1n) is 7.73. The van der Waals surface area contributed by atoms with Crippen molar-refractivity contribution in [3.8, 4) is 0 Å². The summed E-state index contributed by atoms with van der Waals surface area (Å²) in [4.78, 5) is 0. The van der Waals surface area contributed by atoms with Gasteiger partial charge in [-0.3, -0.25) is 0 Å². The fourth-order valence-electron chi connectivity index (χ4n) is 3.31. The summed E-state index contributed by atoms with van der Waals surface area (Å²) in [6, 6.07) is 18.4. The van der Waals surface area contributed by atoms with Gasteiger partial charge in [-0.15, -0.1) is 0 Å². The minimum atomic E-state index is 0.446. The molecule has 1 nitrogen and oxygen atoms in total. The van der Waals surface area contributed by atoms with Crippen molar-refractivity contribution in [3.05, 3.63) is 70.8 Å². The number of likely N-dealkylation sites (N-methyl/N-ethyl adjacent to an activating group) is 1. The van der Waals surface area contributed by atoms with Crippen LogP contribution in [0.3, 0.4) is 0 Å². The molecule has 0 heterocycles. The standard InChI is InChI=1S/C19H23N/c1-3-14-8-7-10-16(12-14)19(20-4-2)18-13-15-9-5-6-11-17(15)18/h5-12,18-20H,3-4,13H2,1-2H3. The predicted molar refractivity (Wildman–Crippen MR) is 85.1 cm³/mol. The zero-order valence-corrected chi connectivity index (χ0v) is 12.4. The number of rotatable bonds is 5. The van der Waals surface area contributed by atoms with Crippen LogP contribution < -0.4 is 5.32 Å². The lowest BCUT2D eigenvalue weighted by Crippen LogP contribution is -2.33. The van der Waals surface area contributed by atoms with Gasteiger partial charge in [-0.2, -0.15) is 0 Å². The Morgan fingerprint density at radius 1 is 1.10 bits per heavy atom. The largest absolute Gasteiger partial charge is 0.310 e. The van der Waals surface area contributed by atoms with Gasteiger partial charge in [-0.1, -0.05) is 62.4 Å². The molecule has 0 spiro atoms. The van der Waals surface area contributed by atoms with E-state index in [0.717, 1.165) is 13.0 Å². The molecule has 1 aliphatic rings. The van der Waals surface area contributed by atoms with Gasteiger partial charge < -0.3 is 5.32 Å². The first kappa shape index (κ1) is 13.4. The molecule has 2 aromatic rings. The van der Waals surface area contributed by atoms with E-state index in [0.29, 0.717) is 12.0 Å². The zero-order chi connectivity index (χ0) is 13.9. The molecule has 2 unspecified atom stereocenters. The van der Waals surface area contributed by atoms with Crippen LogP contribution in [0.1, 0.15) is 48.1 Å². The number of aryl methyl sites for hydroxylation is 1. The molecule has 0 fully saturated rings. The van der Waals surface area contributed by atoms with E-state index >= 15 is 0 Å². The van der Waals surface area contributed by atoms with E-state index < -0.39 is 0 Å². The average molecular weight is 265 g/mol. The molecule has 2 atom stereocenters. The molecule has 0 saturated carbocycles. The maximum atomic E-state index is 3.69. The van der Waals surface area contributed by atoms with E-state index in [-0.39, 0.29) is 0 Å². The van der Waals surface area contributed by atoms with Gasteiger partial charge >= 0.3 is 0 Å². The van der Waals surface area contributed by atoms with E-state index in [2.05, 4.69) is 67.7 Å². The summed E-state index contributed by atoms with van der Waals surface area (Å²) in [5.41, 5.74) is 5.91. The highest BCUT2D eigenvalue weighted by Crippen LogP contribution is 2.43. The summed E-state index contributed by atoms with van der Waals surface area (Å²) in [5, 5.41) is 3.69. The molecule has 0 bridgehead atoms. The first-order chi connectivity index (χ1) is 9.83. The minimum Gasteiger partial charge on any atom is -0.310 e. The average Bonchev–Trinajstić information content (AvgIpc) is 2.48. The van der Waals surface area contributed by atoms with Crippen molar-refractivity contribution in [1.29, 1.82) is 0 Å². The summed E-state index contributed by atoms with van der Waals surface area (Å²) in [6.07, 6.45) is 2.30. The van der Waals surface area contributed by atoms with Gasteiger partial charge in [-0.05, 0) is 41.6 Å². The van der Waals surface area contributed by atoms with E-state index in [1.54, 1.807) is 0 Å². The summed E-state index contributed by atoms with van der Waals surface area (Å²) in [6.45, 7) is 5.43. The highest BCUT2D eigenvalue weighted by atomic mass is 14.9. The second-order valence-electron chi connectivity index (χ2n) is 5.64. The Bertz CT molecular complexity index is 588. The molecule has 3 rings (SSSR count). The van der Waals surface area contributed by atoms with E-state index in [1.807, 2.05) is 0 Å². The zero-order valence-electron chi connectivity index (χ0n) is 12.4. The van der Waals surface area contributed by atoms with E-state index in [1.165, 1.54) is 28.7 Å². The molecule has 1 aliphatic carbocycles. The van der Waals surface area contributed by atoms with E-state index in [9.17, 15) is 0 Å². The Balaban J connectivity index is 1.90. The third-order valence-electron chi connectivity index (χ3n) is 4.44. The second kappa shape index (κ2) is 5.80.